The van der Waals surface area contributed by atoms with Crippen LogP contribution in [0.15, 0.2) is 11.0 Å². The van der Waals surface area contributed by atoms with Gasteiger partial charge in [-0.3, -0.25) is 4.57 Å². The summed E-state index contributed by atoms with van der Waals surface area (Å²) in [6.07, 6.45) is -0.582. The molecule has 0 aliphatic carbocycles. The molecule has 1 fully saturated rings. The lowest BCUT2D eigenvalue weighted by atomic mass is 10.2. The van der Waals surface area contributed by atoms with Crippen LogP contribution in [0.2, 0.25) is 0 Å². The van der Waals surface area contributed by atoms with Gasteiger partial charge < -0.3 is 15.6 Å². The lowest BCUT2D eigenvalue weighted by molar-refractivity contribution is -0.0104. The highest BCUT2D eigenvalue weighted by molar-refractivity contribution is 5.26. The molecular formula is C9H12FN3O3. The molecule has 0 aromatic carbocycles. The van der Waals surface area contributed by atoms with E-state index in [-0.39, 0.29) is 6.42 Å². The van der Waals surface area contributed by atoms with Crippen molar-refractivity contribution in [2.45, 2.75) is 31.8 Å². The highest BCUT2D eigenvalue weighted by atomic mass is 19.1. The van der Waals surface area contributed by atoms with Gasteiger partial charge in [0.25, 0.3) is 0 Å². The topological polar surface area (TPSA) is 90.4 Å². The van der Waals surface area contributed by atoms with Crippen molar-refractivity contribution in [2.75, 3.05) is 5.73 Å². The molecule has 0 saturated carbocycles. The number of nitrogen functional groups attached to an aromatic ring is 1. The molecule has 3 N–H and O–H groups in total. The molecule has 7 heteroatoms. The van der Waals surface area contributed by atoms with Gasteiger partial charge in [-0.05, 0) is 6.92 Å². The van der Waals surface area contributed by atoms with Crippen LogP contribution in [0.4, 0.5) is 10.2 Å². The summed E-state index contributed by atoms with van der Waals surface area (Å²) in [7, 11) is 0. The average molecular weight is 229 g/mol. The van der Waals surface area contributed by atoms with E-state index in [0.717, 1.165) is 10.8 Å². The summed E-state index contributed by atoms with van der Waals surface area (Å²) < 4.78 is 19.4. The fourth-order valence-electron chi connectivity index (χ4n) is 1.64. The van der Waals surface area contributed by atoms with Gasteiger partial charge in [-0.1, -0.05) is 0 Å². The van der Waals surface area contributed by atoms with Crippen molar-refractivity contribution in [2.24, 2.45) is 0 Å². The zero-order chi connectivity index (χ0) is 11.9. The summed E-state index contributed by atoms with van der Waals surface area (Å²) in [5, 5.41) is 9.46. The number of nitrogens with zero attached hydrogens (tertiary/aromatic N) is 2. The predicted molar refractivity (Wildman–Crippen MR) is 53.1 cm³/mol. The van der Waals surface area contributed by atoms with Crippen LogP contribution >= 0.6 is 0 Å². The Morgan fingerprint density at radius 3 is 3.00 bits per heavy atom. The molecule has 3 atom stereocenters. The zero-order valence-electron chi connectivity index (χ0n) is 8.63. The van der Waals surface area contributed by atoms with Gasteiger partial charge in [-0.2, -0.15) is 4.98 Å². The zero-order valence-corrected chi connectivity index (χ0v) is 8.63. The van der Waals surface area contributed by atoms with Crippen molar-refractivity contribution in [1.29, 1.82) is 0 Å². The van der Waals surface area contributed by atoms with Gasteiger partial charge >= 0.3 is 5.69 Å². The molecule has 0 bridgehead atoms. The summed E-state index contributed by atoms with van der Waals surface area (Å²) in [6.45, 7) is 1.68. The molecule has 1 aliphatic rings. The number of hydrogen-bond donors (Lipinski definition) is 2. The second kappa shape index (κ2) is 3.84. The number of aromatic nitrogens is 2. The Morgan fingerprint density at radius 2 is 2.44 bits per heavy atom. The van der Waals surface area contributed by atoms with E-state index in [0.29, 0.717) is 0 Å². The van der Waals surface area contributed by atoms with Crippen LogP contribution in [0.3, 0.4) is 0 Å². The van der Waals surface area contributed by atoms with Crippen LogP contribution in [-0.4, -0.2) is 26.9 Å². The molecule has 6 nitrogen and oxygen atoms in total. The molecule has 2 rings (SSSR count). The van der Waals surface area contributed by atoms with Crippen LogP contribution < -0.4 is 11.4 Å². The lowest BCUT2D eigenvalue weighted by Gasteiger charge is -2.13. The van der Waals surface area contributed by atoms with Crippen molar-refractivity contribution < 1.29 is 14.2 Å². The smallest absolute Gasteiger partial charge is 0.351 e. The Morgan fingerprint density at radius 1 is 1.75 bits per heavy atom. The van der Waals surface area contributed by atoms with Crippen molar-refractivity contribution in [3.8, 4) is 0 Å². The molecular weight excluding hydrogens is 217 g/mol. The predicted octanol–water partition coefficient (Wildman–Crippen LogP) is -0.367. The first kappa shape index (κ1) is 11.0. The fraction of sp³-hybridized carbons (Fsp3) is 0.556. The molecule has 0 spiro atoms. The van der Waals surface area contributed by atoms with Crippen LogP contribution in [0.25, 0.3) is 0 Å². The SMILES string of the molecule is C[C@H]1O[C@@H](n2cc(F)c(N)nc2=O)C[C@@H]1O. The molecule has 1 aliphatic heterocycles. The molecule has 88 valence electrons. The first-order chi connectivity index (χ1) is 7.49. The highest BCUT2D eigenvalue weighted by Gasteiger charge is 2.32. The molecule has 0 unspecified atom stereocenters. The average Bonchev–Trinajstić information content (AvgIpc) is 2.53. The Balaban J connectivity index is 2.35. The maximum absolute atomic E-state index is 13.1. The van der Waals surface area contributed by atoms with Crippen molar-refractivity contribution in [3.05, 3.63) is 22.5 Å². The summed E-state index contributed by atoms with van der Waals surface area (Å²) in [4.78, 5) is 14.8. The van der Waals surface area contributed by atoms with Gasteiger partial charge in [0.15, 0.2) is 11.6 Å². The van der Waals surface area contributed by atoms with Gasteiger partial charge in [-0.15, -0.1) is 0 Å². The number of anilines is 1. The van der Waals surface area contributed by atoms with E-state index < -0.39 is 35.8 Å². The Kier molecular flexibility index (Phi) is 2.64. The first-order valence-electron chi connectivity index (χ1n) is 4.86. The monoisotopic (exact) mass is 229 g/mol. The molecule has 0 radical (unpaired) electrons. The standard InChI is InChI=1S/C9H12FN3O3/c1-4-6(14)2-7(16-4)13-3-5(10)8(11)12-9(13)15/h3-4,6-7,14H,2H2,1H3,(H2,11,12,15)/t4-,6+,7-/m1/s1. The van der Waals surface area contributed by atoms with Gasteiger partial charge in [-0.25, -0.2) is 9.18 Å². The van der Waals surface area contributed by atoms with E-state index >= 15 is 0 Å². The third kappa shape index (κ3) is 1.79. The lowest BCUT2D eigenvalue weighted by Crippen LogP contribution is -2.28. The highest BCUT2D eigenvalue weighted by Crippen LogP contribution is 2.27. The van der Waals surface area contributed by atoms with E-state index in [1.165, 1.54) is 0 Å². The van der Waals surface area contributed by atoms with Crippen molar-refractivity contribution in [1.82, 2.24) is 9.55 Å². The van der Waals surface area contributed by atoms with Crippen LogP contribution in [0.1, 0.15) is 19.6 Å². The molecule has 0 amide bonds. The Labute approximate surface area is 90.5 Å². The summed E-state index contributed by atoms with van der Waals surface area (Å²) >= 11 is 0. The largest absolute Gasteiger partial charge is 0.390 e. The minimum Gasteiger partial charge on any atom is -0.390 e. The van der Waals surface area contributed by atoms with Gasteiger partial charge in [0.2, 0.25) is 0 Å². The second-order valence-corrected chi connectivity index (χ2v) is 3.76. The van der Waals surface area contributed by atoms with Gasteiger partial charge in [0.1, 0.15) is 6.23 Å². The number of aliphatic hydroxyl groups is 1. The normalized spacial score (nSPS) is 29.6. The second-order valence-electron chi connectivity index (χ2n) is 3.76. The van der Waals surface area contributed by atoms with Gasteiger partial charge in [0, 0.05) is 6.42 Å². The van der Waals surface area contributed by atoms with E-state index in [2.05, 4.69) is 4.98 Å². The maximum Gasteiger partial charge on any atom is 0.351 e. The number of hydrogen-bond acceptors (Lipinski definition) is 5. The number of nitrogens with two attached hydrogens (primary N) is 1. The summed E-state index contributed by atoms with van der Waals surface area (Å²) in [5.41, 5.74) is 4.46. The first-order valence-corrected chi connectivity index (χ1v) is 4.86. The van der Waals surface area contributed by atoms with E-state index in [1.54, 1.807) is 6.92 Å². The Bertz CT molecular complexity index is 452. The van der Waals surface area contributed by atoms with E-state index in [9.17, 15) is 14.3 Å². The quantitative estimate of drug-likeness (QED) is 0.685. The van der Waals surface area contributed by atoms with E-state index in [4.69, 9.17) is 10.5 Å². The third-order valence-electron chi connectivity index (χ3n) is 2.60. The van der Waals surface area contributed by atoms with Crippen LogP contribution in [-0.2, 0) is 4.74 Å². The Hall–Kier alpha value is -1.47. The van der Waals surface area contributed by atoms with Crippen molar-refractivity contribution >= 4 is 5.82 Å². The summed E-state index contributed by atoms with van der Waals surface area (Å²) in [5.74, 6) is -1.22. The molecule has 16 heavy (non-hydrogen) atoms. The fourth-order valence-corrected chi connectivity index (χ4v) is 1.64. The molecule has 1 aromatic heterocycles. The molecule has 2 heterocycles. The van der Waals surface area contributed by atoms with Crippen molar-refractivity contribution in [3.63, 3.8) is 0 Å². The van der Waals surface area contributed by atoms with Crippen LogP contribution in [0, 0.1) is 5.82 Å². The third-order valence-corrected chi connectivity index (χ3v) is 2.60. The number of rotatable bonds is 1. The van der Waals surface area contributed by atoms with Gasteiger partial charge in [0.05, 0.1) is 18.4 Å². The van der Waals surface area contributed by atoms with Crippen LogP contribution in [0.5, 0.6) is 0 Å². The minimum absolute atomic E-state index is 0.228. The van der Waals surface area contributed by atoms with E-state index in [1.807, 2.05) is 0 Å². The number of aliphatic hydroxyl groups excluding tert-OH is 1. The molecule has 1 saturated heterocycles. The molecule has 1 aromatic rings. The summed E-state index contributed by atoms with van der Waals surface area (Å²) in [6, 6.07) is 0. The minimum atomic E-state index is -0.780. The maximum atomic E-state index is 13.1. The number of ether oxygens (including phenoxy) is 1. The number of halogens is 1.